The van der Waals surface area contributed by atoms with Gasteiger partial charge in [0, 0.05) is 86.0 Å². The number of benzene rings is 12. The van der Waals surface area contributed by atoms with Gasteiger partial charge in [0.1, 0.15) is 6.33 Å². The molecule has 18 aromatic rings. The molecule has 10 heteroatoms. The highest BCUT2D eigenvalue weighted by Crippen LogP contribution is 2.30. The van der Waals surface area contributed by atoms with Crippen LogP contribution in [0.2, 0.25) is 0 Å². The molecule has 0 unspecified atom stereocenters. The van der Waals surface area contributed by atoms with Gasteiger partial charge in [-0.15, -0.1) is 0 Å². The van der Waals surface area contributed by atoms with Crippen molar-refractivity contribution in [2.24, 2.45) is 0 Å². The van der Waals surface area contributed by atoms with Gasteiger partial charge in [-0.3, -0.25) is 15.0 Å². The summed E-state index contributed by atoms with van der Waals surface area (Å²) < 4.78 is 0. The van der Waals surface area contributed by atoms with E-state index >= 15 is 0 Å². The molecule has 0 aliphatic carbocycles. The molecule has 0 aliphatic rings. The zero-order chi connectivity index (χ0) is 97.3. The average molecular weight is 1750 g/mol. The second kappa shape index (κ2) is 77.4. The van der Waals surface area contributed by atoms with Crippen molar-refractivity contribution in [3.05, 3.63) is 450 Å². The molecule has 0 fully saturated rings. The smallest absolute Gasteiger partial charge is 0.159 e. The third kappa shape index (κ3) is 42.0. The Morgan fingerprint density at radius 2 is 0.379 bits per heavy atom. The van der Waals surface area contributed by atoms with Gasteiger partial charge in [0.15, 0.2) is 5.82 Å². The Balaban J connectivity index is 0.000000756. The maximum absolute atomic E-state index is 4.65. The molecule has 0 atom stereocenters. The molecule has 0 N–H and O–H groups in total. The van der Waals surface area contributed by atoms with Gasteiger partial charge in [-0.05, 0) is 64.2 Å². The molecule has 0 saturated carbocycles. The number of hydrogen-bond donors (Lipinski definition) is 0. The van der Waals surface area contributed by atoms with Gasteiger partial charge in [0.05, 0.1) is 58.4 Å². The van der Waals surface area contributed by atoms with Gasteiger partial charge in [-0.1, -0.05) is 530 Å². The summed E-state index contributed by atoms with van der Waals surface area (Å²) in [6, 6.07) is 135. The van der Waals surface area contributed by atoms with Crippen molar-refractivity contribution in [1.29, 1.82) is 0 Å². The standard InChI is InChI=1S/2C17H13N.4C16H12N2.12C2H6/c1-3-7-14(8-4-1)16-11-17(13-18-12-16)15-9-5-2-6-10-15;1-3-7-14(8-4-1)16-11-12-18-17(13-16)15-9-5-2-6-10-15;1-3-7-13(8-4-1)15-11-17-12-16(18-15)14-9-5-2-6-10-14;1-3-7-13(8-4-1)15-11-16(18-12-17-15)14-9-5-2-6-10-14;1-3-7-13(8-4-1)15-11-16(18-17-12-15)14-9-5-2-6-10-14;1-3-7-13(8-4-1)15-11-12-17-16(18-15)14-9-5-2-6-10-14;12*1-2/h2*1-13H;4*1-12H;12*1-2H3. The summed E-state index contributed by atoms with van der Waals surface area (Å²) in [5, 5.41) is 8.27. The molecule has 0 bridgehead atoms. The largest absolute Gasteiger partial charge is 0.263 e. The first-order chi connectivity index (χ1) is 65.6. The Hall–Kier alpha value is -14.7. The Kier molecular flexibility index (Phi) is 67.6. The first kappa shape index (κ1) is 115. The highest BCUT2D eigenvalue weighted by Gasteiger charge is 2.09. The fraction of sp³-hybridized carbons (Fsp3) is 0.197. The van der Waals surface area contributed by atoms with Crippen LogP contribution >= 0.6 is 0 Å². The van der Waals surface area contributed by atoms with Gasteiger partial charge in [-0.25, -0.2) is 24.9 Å². The number of hydrogen-bond acceptors (Lipinski definition) is 10. The Morgan fingerprint density at radius 1 is 0.144 bits per heavy atom. The molecule has 0 spiro atoms. The van der Waals surface area contributed by atoms with E-state index in [0.29, 0.717) is 0 Å². The molecule has 18 rings (SSSR count). The van der Waals surface area contributed by atoms with Crippen LogP contribution in [0.15, 0.2) is 450 Å². The van der Waals surface area contributed by atoms with E-state index in [4.69, 9.17) is 0 Å². The Morgan fingerprint density at radius 3 is 0.697 bits per heavy atom. The molecule has 6 aromatic heterocycles. The normalized spacial score (nSPS) is 8.91. The summed E-state index contributed by atoms with van der Waals surface area (Å²) in [5.41, 5.74) is 24.7. The zero-order valence-corrected chi connectivity index (χ0v) is 83.2. The summed E-state index contributed by atoms with van der Waals surface area (Å²) in [6.07, 6.45) is 14.5. The Labute approximate surface area is 795 Å². The van der Waals surface area contributed by atoms with Crippen molar-refractivity contribution >= 4 is 0 Å². The lowest BCUT2D eigenvalue weighted by molar-refractivity contribution is 1.04. The third-order valence-electron chi connectivity index (χ3n) is 17.1. The minimum Gasteiger partial charge on any atom is -0.263 e. The maximum atomic E-state index is 4.65. The van der Waals surface area contributed by atoms with Crippen molar-refractivity contribution in [2.45, 2.75) is 166 Å². The van der Waals surface area contributed by atoms with Gasteiger partial charge in [0.2, 0.25) is 0 Å². The maximum Gasteiger partial charge on any atom is 0.159 e. The molecule has 10 nitrogen and oxygen atoms in total. The van der Waals surface area contributed by atoms with Crippen LogP contribution in [0.3, 0.4) is 0 Å². The molecule has 0 aliphatic heterocycles. The van der Waals surface area contributed by atoms with E-state index in [1.807, 2.05) is 458 Å². The van der Waals surface area contributed by atoms with E-state index in [2.05, 4.69) is 177 Å². The van der Waals surface area contributed by atoms with Gasteiger partial charge in [-0.2, -0.15) is 10.2 Å². The van der Waals surface area contributed by atoms with E-state index in [0.717, 1.165) is 112 Å². The van der Waals surface area contributed by atoms with E-state index in [1.165, 1.54) is 22.3 Å². The number of aromatic nitrogens is 10. The predicted molar refractivity (Wildman–Crippen MR) is 578 cm³/mol. The minimum absolute atomic E-state index is 0.761. The van der Waals surface area contributed by atoms with Gasteiger partial charge in [0.25, 0.3) is 0 Å². The first-order valence-corrected chi connectivity index (χ1v) is 47.5. The van der Waals surface area contributed by atoms with Crippen molar-refractivity contribution in [3.63, 3.8) is 0 Å². The van der Waals surface area contributed by atoms with E-state index < -0.39 is 0 Å². The molecule has 0 amide bonds. The SMILES string of the molecule is CC.CC.CC.CC.CC.CC.CC.CC.CC.CC.CC.CC.c1ccc(-c2cc(-c3ccccc3)ncn2)cc1.c1ccc(-c2ccnc(-c3ccccc3)c2)cc1.c1ccc(-c2ccnc(-c3ccccc3)n2)cc1.c1ccc(-c2cncc(-c3ccccc3)c2)cc1.c1ccc(-c2cncc(-c3ccccc3)n2)cc1.c1ccc(-c2cnnc(-c3ccccc3)c2)cc1. The lowest BCUT2D eigenvalue weighted by Gasteiger charge is -2.05. The van der Waals surface area contributed by atoms with Crippen LogP contribution in [-0.2, 0) is 0 Å². The molecule has 6 heterocycles. The lowest BCUT2D eigenvalue weighted by atomic mass is 10.0. The van der Waals surface area contributed by atoms with Crippen LogP contribution in [-0.4, -0.2) is 50.1 Å². The molecular formula is C122H146N10. The van der Waals surface area contributed by atoms with E-state index in [9.17, 15) is 0 Å². The lowest BCUT2D eigenvalue weighted by Crippen LogP contribution is -1.90. The third-order valence-corrected chi connectivity index (χ3v) is 17.1. The molecule has 684 valence electrons. The number of nitrogens with zero attached hydrogens (tertiary/aromatic N) is 10. The predicted octanol–water partition coefficient (Wildman–Crippen LogP) is 36.4. The van der Waals surface area contributed by atoms with Crippen molar-refractivity contribution in [3.8, 4) is 135 Å². The summed E-state index contributed by atoms with van der Waals surface area (Å²) in [6.45, 7) is 48.0. The fourth-order valence-electron chi connectivity index (χ4n) is 11.5. The second-order valence-electron chi connectivity index (χ2n) is 24.5. The van der Waals surface area contributed by atoms with Gasteiger partial charge < -0.3 is 0 Å². The summed E-state index contributed by atoms with van der Waals surface area (Å²) in [7, 11) is 0. The van der Waals surface area contributed by atoms with Crippen LogP contribution < -0.4 is 0 Å². The minimum atomic E-state index is 0.761. The van der Waals surface area contributed by atoms with Gasteiger partial charge >= 0.3 is 0 Å². The van der Waals surface area contributed by atoms with Crippen LogP contribution in [0, 0.1) is 0 Å². The molecule has 0 saturated heterocycles. The molecule has 12 aromatic carbocycles. The van der Waals surface area contributed by atoms with Crippen molar-refractivity contribution < 1.29 is 0 Å². The van der Waals surface area contributed by atoms with Crippen LogP contribution in [0.1, 0.15) is 166 Å². The Bertz CT molecular complexity index is 4390. The molecule has 132 heavy (non-hydrogen) atoms. The van der Waals surface area contributed by atoms with Crippen LogP contribution in [0.5, 0.6) is 0 Å². The topological polar surface area (TPSA) is 129 Å². The number of pyridine rings is 2. The monoisotopic (exact) mass is 1750 g/mol. The second-order valence-corrected chi connectivity index (χ2v) is 24.5. The van der Waals surface area contributed by atoms with Crippen molar-refractivity contribution in [2.75, 3.05) is 0 Å². The van der Waals surface area contributed by atoms with Crippen LogP contribution in [0.4, 0.5) is 0 Å². The first-order valence-electron chi connectivity index (χ1n) is 47.5. The quantitative estimate of drug-likeness (QED) is 0.117. The van der Waals surface area contributed by atoms with Crippen LogP contribution in [0.25, 0.3) is 135 Å². The fourth-order valence-corrected chi connectivity index (χ4v) is 11.5. The summed E-state index contributed by atoms with van der Waals surface area (Å²) >= 11 is 0. The highest BCUT2D eigenvalue weighted by molar-refractivity contribution is 5.74. The van der Waals surface area contributed by atoms with E-state index in [1.54, 1.807) is 31.1 Å². The number of rotatable bonds is 12. The zero-order valence-electron chi connectivity index (χ0n) is 83.2. The molecular weight excluding hydrogens is 1610 g/mol. The summed E-state index contributed by atoms with van der Waals surface area (Å²) in [5.74, 6) is 0.761. The summed E-state index contributed by atoms with van der Waals surface area (Å²) in [4.78, 5) is 35.3. The van der Waals surface area contributed by atoms with E-state index in [-0.39, 0.29) is 0 Å². The van der Waals surface area contributed by atoms with Crippen molar-refractivity contribution in [1.82, 2.24) is 50.1 Å². The molecule has 0 radical (unpaired) electrons. The average Bonchev–Trinajstić information content (AvgIpc) is 0.866. The highest BCUT2D eigenvalue weighted by atomic mass is 15.1.